The Morgan fingerprint density at radius 3 is 2.47 bits per heavy atom. The Balaban J connectivity index is 2.72. The SMILES string of the molecule is [B][C@@H]1O[C@H](COC(C)C)[C@@H](OP(=O)(O)C(C)C)[C@H]1N. The van der Waals surface area contributed by atoms with Crippen LogP contribution in [0.2, 0.25) is 0 Å². The third-order valence-corrected chi connectivity index (χ3v) is 4.83. The maximum absolute atomic E-state index is 11.9. The van der Waals surface area contributed by atoms with Crippen LogP contribution < -0.4 is 5.73 Å². The van der Waals surface area contributed by atoms with E-state index in [9.17, 15) is 9.46 Å². The van der Waals surface area contributed by atoms with Crippen molar-refractivity contribution >= 4 is 15.4 Å². The van der Waals surface area contributed by atoms with Gasteiger partial charge in [-0.2, -0.15) is 0 Å². The number of hydrogen-bond donors (Lipinski definition) is 2. The maximum Gasteiger partial charge on any atom is 0.331 e. The van der Waals surface area contributed by atoms with Crippen LogP contribution in [-0.4, -0.2) is 55.4 Å². The molecule has 6 nitrogen and oxygen atoms in total. The molecule has 2 radical (unpaired) electrons. The van der Waals surface area contributed by atoms with E-state index in [0.29, 0.717) is 0 Å². The van der Waals surface area contributed by atoms with Crippen molar-refractivity contribution < 1.29 is 23.5 Å². The molecule has 0 aromatic carbocycles. The average Bonchev–Trinajstić information content (AvgIpc) is 2.53. The second kappa shape index (κ2) is 6.70. The zero-order valence-electron chi connectivity index (χ0n) is 11.9. The van der Waals surface area contributed by atoms with Crippen LogP contribution in [0, 0.1) is 0 Å². The molecule has 19 heavy (non-hydrogen) atoms. The third-order valence-electron chi connectivity index (χ3n) is 2.98. The average molecular weight is 291 g/mol. The van der Waals surface area contributed by atoms with Gasteiger partial charge in [0.05, 0.1) is 24.4 Å². The molecule has 0 bridgehead atoms. The lowest BCUT2D eigenvalue weighted by atomic mass is 9.91. The molecule has 0 spiro atoms. The van der Waals surface area contributed by atoms with Crippen molar-refractivity contribution in [3.63, 3.8) is 0 Å². The molecular formula is C11H23BNO5P. The summed E-state index contributed by atoms with van der Waals surface area (Å²) in [5, 5.41) is 0. The van der Waals surface area contributed by atoms with Crippen molar-refractivity contribution in [1.29, 1.82) is 0 Å². The van der Waals surface area contributed by atoms with Gasteiger partial charge in [0.15, 0.2) is 0 Å². The Hall–Kier alpha value is 0.0949. The van der Waals surface area contributed by atoms with E-state index < -0.39 is 37.5 Å². The molecule has 5 atom stereocenters. The maximum atomic E-state index is 11.9. The van der Waals surface area contributed by atoms with Gasteiger partial charge in [-0.25, -0.2) is 0 Å². The minimum Gasteiger partial charge on any atom is -0.378 e. The van der Waals surface area contributed by atoms with Gasteiger partial charge in [-0.3, -0.25) is 4.57 Å². The first-order valence-electron chi connectivity index (χ1n) is 6.44. The summed E-state index contributed by atoms with van der Waals surface area (Å²) in [6, 6.07) is -1.38. The lowest BCUT2D eigenvalue weighted by molar-refractivity contribution is -0.0433. The minimum atomic E-state index is -3.73. The molecule has 1 aliphatic rings. The Labute approximate surface area is 115 Å². The van der Waals surface area contributed by atoms with Gasteiger partial charge in [0.2, 0.25) is 0 Å². The van der Waals surface area contributed by atoms with E-state index in [4.69, 9.17) is 27.6 Å². The van der Waals surface area contributed by atoms with Gasteiger partial charge in [0.25, 0.3) is 0 Å². The van der Waals surface area contributed by atoms with Crippen molar-refractivity contribution in [2.75, 3.05) is 6.61 Å². The van der Waals surface area contributed by atoms with Gasteiger partial charge >= 0.3 is 7.60 Å². The fourth-order valence-corrected chi connectivity index (χ4v) is 2.53. The van der Waals surface area contributed by atoms with Crippen LogP contribution in [-0.2, 0) is 18.6 Å². The number of ether oxygens (including phenoxy) is 2. The molecule has 8 heteroatoms. The summed E-state index contributed by atoms with van der Waals surface area (Å²) >= 11 is 0. The van der Waals surface area contributed by atoms with Gasteiger partial charge in [-0.1, -0.05) is 13.8 Å². The third kappa shape index (κ3) is 4.55. The van der Waals surface area contributed by atoms with E-state index in [2.05, 4.69) is 0 Å². The van der Waals surface area contributed by atoms with Gasteiger partial charge in [-0.15, -0.1) is 0 Å². The van der Waals surface area contributed by atoms with Gasteiger partial charge < -0.3 is 24.6 Å². The van der Waals surface area contributed by atoms with E-state index in [1.54, 1.807) is 13.8 Å². The summed E-state index contributed by atoms with van der Waals surface area (Å²) in [5.74, 6) is 0. The molecule has 0 amide bonds. The first kappa shape index (κ1) is 17.1. The number of nitrogens with two attached hydrogens (primary N) is 1. The molecule has 1 heterocycles. The van der Waals surface area contributed by atoms with Crippen LogP contribution >= 0.6 is 7.60 Å². The first-order valence-corrected chi connectivity index (χ1v) is 8.09. The van der Waals surface area contributed by atoms with Crippen LogP contribution in [0.1, 0.15) is 27.7 Å². The lowest BCUT2D eigenvalue weighted by Crippen LogP contribution is -2.43. The summed E-state index contributed by atoms with van der Waals surface area (Å²) in [4.78, 5) is 9.79. The van der Waals surface area contributed by atoms with Crippen LogP contribution in [0.4, 0.5) is 0 Å². The van der Waals surface area contributed by atoms with Gasteiger partial charge in [-0.05, 0) is 13.8 Å². The summed E-state index contributed by atoms with van der Waals surface area (Å²) < 4.78 is 28.1. The van der Waals surface area contributed by atoms with Gasteiger partial charge in [0.1, 0.15) is 20.1 Å². The lowest BCUT2D eigenvalue weighted by Gasteiger charge is -2.26. The van der Waals surface area contributed by atoms with E-state index >= 15 is 0 Å². The standard InChI is InChI=1S/C11H23BNO5P/c1-6(2)16-5-8-10(9(13)11(12)17-8)18-19(14,15)7(3)4/h6-11H,5,13H2,1-4H3,(H,14,15)/t8-,9-,10-,11-/m1/s1. The topological polar surface area (TPSA) is 91.0 Å². The highest BCUT2D eigenvalue weighted by atomic mass is 31.2. The van der Waals surface area contributed by atoms with Crippen LogP contribution in [0.25, 0.3) is 0 Å². The summed E-state index contributed by atoms with van der Waals surface area (Å²) in [6.07, 6.45) is -1.26. The van der Waals surface area contributed by atoms with E-state index in [-0.39, 0.29) is 12.7 Å². The van der Waals surface area contributed by atoms with E-state index in [1.165, 1.54) is 0 Å². The second-order valence-electron chi connectivity index (χ2n) is 5.33. The molecule has 110 valence electrons. The number of hydrogen-bond acceptors (Lipinski definition) is 5. The van der Waals surface area contributed by atoms with Crippen LogP contribution in [0.5, 0.6) is 0 Å². The molecule has 0 aromatic heterocycles. The Morgan fingerprint density at radius 1 is 1.42 bits per heavy atom. The highest BCUT2D eigenvalue weighted by Gasteiger charge is 2.45. The highest BCUT2D eigenvalue weighted by molar-refractivity contribution is 7.53. The molecule has 1 saturated heterocycles. The molecule has 1 rings (SSSR count). The minimum absolute atomic E-state index is 0.0170. The smallest absolute Gasteiger partial charge is 0.331 e. The van der Waals surface area contributed by atoms with Crippen molar-refractivity contribution in [3.8, 4) is 0 Å². The Morgan fingerprint density at radius 2 is 2.00 bits per heavy atom. The molecule has 1 aliphatic heterocycles. The molecule has 0 saturated carbocycles. The molecule has 3 N–H and O–H groups in total. The molecule has 0 aliphatic carbocycles. The van der Waals surface area contributed by atoms with Crippen molar-refractivity contribution in [1.82, 2.24) is 0 Å². The summed E-state index contributed by atoms with van der Waals surface area (Å²) in [7, 11) is 1.97. The van der Waals surface area contributed by atoms with E-state index in [1.807, 2.05) is 13.8 Å². The zero-order valence-corrected chi connectivity index (χ0v) is 12.7. The molecular weight excluding hydrogens is 268 g/mol. The molecule has 1 fully saturated rings. The summed E-state index contributed by atoms with van der Waals surface area (Å²) in [6.45, 7) is 7.22. The largest absolute Gasteiger partial charge is 0.378 e. The first-order chi connectivity index (χ1) is 8.65. The van der Waals surface area contributed by atoms with E-state index in [0.717, 1.165) is 0 Å². The van der Waals surface area contributed by atoms with Gasteiger partial charge in [0, 0.05) is 6.00 Å². The monoisotopic (exact) mass is 291 g/mol. The van der Waals surface area contributed by atoms with Crippen molar-refractivity contribution in [2.45, 2.75) is 63.7 Å². The van der Waals surface area contributed by atoms with Crippen LogP contribution in [0.3, 0.4) is 0 Å². The second-order valence-corrected chi connectivity index (χ2v) is 7.70. The predicted octanol–water partition coefficient (Wildman–Crippen LogP) is 0.611. The Kier molecular flexibility index (Phi) is 6.05. The van der Waals surface area contributed by atoms with Crippen LogP contribution in [0.15, 0.2) is 0 Å². The zero-order chi connectivity index (χ0) is 14.8. The number of rotatable bonds is 6. The summed E-state index contributed by atoms with van der Waals surface area (Å²) in [5.41, 5.74) is 5.35. The Bertz CT molecular complexity index is 341. The normalized spacial score (nSPS) is 34.9. The van der Waals surface area contributed by atoms with Crippen molar-refractivity contribution in [3.05, 3.63) is 0 Å². The highest BCUT2D eigenvalue weighted by Crippen LogP contribution is 2.50. The predicted molar refractivity (Wildman–Crippen MR) is 73.3 cm³/mol. The fraction of sp³-hybridized carbons (Fsp3) is 1.00. The quantitative estimate of drug-likeness (QED) is 0.550. The molecule has 0 aromatic rings. The fourth-order valence-electron chi connectivity index (χ4n) is 1.66. The van der Waals surface area contributed by atoms with Crippen molar-refractivity contribution in [2.24, 2.45) is 5.73 Å². The molecule has 1 unspecified atom stereocenters.